The van der Waals surface area contributed by atoms with E-state index in [0.29, 0.717) is 19.5 Å². The Morgan fingerprint density at radius 3 is 2.55 bits per heavy atom. The zero-order valence-electron chi connectivity index (χ0n) is 13.6. The molecular weight excluding hydrogens is 278 g/mol. The minimum Gasteiger partial charge on any atom is -0.338 e. The Morgan fingerprint density at radius 2 is 1.95 bits per heavy atom. The largest absolute Gasteiger partial charge is 0.338 e. The third-order valence-electron chi connectivity index (χ3n) is 3.81. The van der Waals surface area contributed by atoms with Gasteiger partial charge in [-0.15, -0.1) is 0 Å². The second kappa shape index (κ2) is 6.81. The average Bonchev–Trinajstić information content (AvgIpc) is 2.80. The van der Waals surface area contributed by atoms with Gasteiger partial charge in [0.15, 0.2) is 0 Å². The molecule has 1 saturated heterocycles. The third-order valence-corrected chi connectivity index (χ3v) is 3.81. The Morgan fingerprint density at radius 1 is 1.27 bits per heavy atom. The maximum Gasteiger partial charge on any atom is 0.315 e. The molecule has 2 rings (SSSR count). The number of rotatable bonds is 4. The molecule has 0 radical (unpaired) electrons. The van der Waals surface area contributed by atoms with Gasteiger partial charge in [-0.25, -0.2) is 4.79 Å². The van der Waals surface area contributed by atoms with Crippen LogP contribution in [0.3, 0.4) is 0 Å². The van der Waals surface area contributed by atoms with Crippen LogP contribution < -0.4 is 10.6 Å². The summed E-state index contributed by atoms with van der Waals surface area (Å²) in [5.74, 6) is 0.0992. The summed E-state index contributed by atoms with van der Waals surface area (Å²) in [5, 5.41) is 5.73. The van der Waals surface area contributed by atoms with E-state index in [9.17, 15) is 9.59 Å². The van der Waals surface area contributed by atoms with E-state index in [1.54, 1.807) is 0 Å². The van der Waals surface area contributed by atoms with E-state index in [1.807, 2.05) is 56.0 Å². The topological polar surface area (TPSA) is 61.4 Å². The van der Waals surface area contributed by atoms with Gasteiger partial charge >= 0.3 is 6.03 Å². The van der Waals surface area contributed by atoms with E-state index >= 15 is 0 Å². The van der Waals surface area contributed by atoms with Crippen LogP contribution in [-0.2, 0) is 11.2 Å². The van der Waals surface area contributed by atoms with Crippen molar-refractivity contribution in [2.45, 2.75) is 45.2 Å². The molecule has 22 heavy (non-hydrogen) atoms. The van der Waals surface area contributed by atoms with E-state index in [-0.39, 0.29) is 23.5 Å². The molecule has 1 aromatic carbocycles. The normalized spacial score (nSPS) is 18.4. The second-order valence-corrected chi connectivity index (χ2v) is 6.71. The molecule has 0 aliphatic carbocycles. The van der Waals surface area contributed by atoms with Crippen molar-refractivity contribution in [3.8, 4) is 0 Å². The number of likely N-dealkylation sites (tertiary alicyclic amines) is 1. The lowest BCUT2D eigenvalue weighted by atomic mass is 10.1. The summed E-state index contributed by atoms with van der Waals surface area (Å²) in [6, 6.07) is 9.71. The van der Waals surface area contributed by atoms with Gasteiger partial charge in [-0.3, -0.25) is 4.79 Å². The van der Waals surface area contributed by atoms with Crippen molar-refractivity contribution < 1.29 is 9.59 Å². The van der Waals surface area contributed by atoms with Crippen LogP contribution in [0.1, 0.15) is 32.8 Å². The van der Waals surface area contributed by atoms with Crippen molar-refractivity contribution in [1.82, 2.24) is 15.5 Å². The highest BCUT2D eigenvalue weighted by Gasteiger charge is 2.36. The highest BCUT2D eigenvalue weighted by Crippen LogP contribution is 2.21. The molecule has 1 heterocycles. The first-order valence-corrected chi connectivity index (χ1v) is 7.75. The van der Waals surface area contributed by atoms with Gasteiger partial charge in [0.25, 0.3) is 0 Å². The van der Waals surface area contributed by atoms with Gasteiger partial charge < -0.3 is 15.5 Å². The van der Waals surface area contributed by atoms with Crippen molar-refractivity contribution in [3.63, 3.8) is 0 Å². The Kier molecular flexibility index (Phi) is 5.06. The number of carbonyl (C=O) groups is 2. The van der Waals surface area contributed by atoms with Crippen LogP contribution in [0.5, 0.6) is 0 Å². The quantitative estimate of drug-likeness (QED) is 0.893. The first-order valence-electron chi connectivity index (χ1n) is 7.75. The Labute approximate surface area is 132 Å². The molecule has 0 aromatic heterocycles. The molecule has 3 amide bonds. The number of benzene rings is 1. The lowest BCUT2D eigenvalue weighted by Gasteiger charge is -2.32. The number of urea groups is 1. The fourth-order valence-electron chi connectivity index (χ4n) is 2.65. The van der Waals surface area contributed by atoms with Crippen LogP contribution in [0.25, 0.3) is 0 Å². The number of hydrogen-bond donors (Lipinski definition) is 2. The molecule has 120 valence electrons. The molecule has 0 saturated carbocycles. The molecule has 1 aliphatic rings. The third kappa shape index (κ3) is 4.48. The Bertz CT molecular complexity index is 522. The molecule has 1 fully saturated rings. The summed E-state index contributed by atoms with van der Waals surface area (Å²) < 4.78 is 0. The maximum absolute atomic E-state index is 12.0. The first kappa shape index (κ1) is 16.3. The van der Waals surface area contributed by atoms with Crippen LogP contribution in [-0.4, -0.2) is 41.5 Å². The fraction of sp³-hybridized carbons (Fsp3) is 0.529. The number of nitrogens with one attached hydrogen (secondary N) is 2. The van der Waals surface area contributed by atoms with Crippen LogP contribution >= 0.6 is 0 Å². The molecule has 5 heteroatoms. The lowest BCUT2D eigenvalue weighted by molar-refractivity contribution is -0.131. The molecule has 1 aromatic rings. The van der Waals surface area contributed by atoms with Crippen LogP contribution in [0, 0.1) is 0 Å². The lowest BCUT2D eigenvalue weighted by Crippen LogP contribution is -2.46. The molecule has 0 spiro atoms. The first-order chi connectivity index (χ1) is 10.4. The second-order valence-electron chi connectivity index (χ2n) is 6.71. The minimum absolute atomic E-state index is 0.0992. The van der Waals surface area contributed by atoms with Gasteiger partial charge in [0.2, 0.25) is 5.91 Å². The van der Waals surface area contributed by atoms with Gasteiger partial charge in [0.05, 0.1) is 6.04 Å². The maximum atomic E-state index is 12.0. The van der Waals surface area contributed by atoms with E-state index < -0.39 is 0 Å². The predicted molar refractivity (Wildman–Crippen MR) is 86.6 cm³/mol. The summed E-state index contributed by atoms with van der Waals surface area (Å²) in [6.45, 7) is 7.18. The van der Waals surface area contributed by atoms with Crippen LogP contribution in [0.2, 0.25) is 0 Å². The molecule has 1 unspecified atom stereocenters. The Balaban J connectivity index is 1.73. The van der Waals surface area contributed by atoms with E-state index in [2.05, 4.69) is 10.6 Å². The van der Waals surface area contributed by atoms with E-state index in [0.717, 1.165) is 6.42 Å². The molecule has 2 N–H and O–H groups in total. The molecule has 1 aliphatic heterocycles. The Hall–Kier alpha value is -2.04. The van der Waals surface area contributed by atoms with Crippen molar-refractivity contribution in [2.24, 2.45) is 0 Å². The highest BCUT2D eigenvalue weighted by atomic mass is 16.2. The molecule has 5 nitrogen and oxygen atoms in total. The van der Waals surface area contributed by atoms with Gasteiger partial charge in [-0.1, -0.05) is 30.3 Å². The zero-order chi connectivity index (χ0) is 16.2. The van der Waals surface area contributed by atoms with Crippen molar-refractivity contribution in [2.75, 3.05) is 13.1 Å². The van der Waals surface area contributed by atoms with Gasteiger partial charge in [-0.05, 0) is 32.8 Å². The monoisotopic (exact) mass is 303 g/mol. The molecule has 1 atom stereocenters. The van der Waals surface area contributed by atoms with E-state index in [1.165, 1.54) is 5.56 Å². The predicted octanol–water partition coefficient (Wildman–Crippen LogP) is 1.93. The van der Waals surface area contributed by atoms with Crippen molar-refractivity contribution in [1.29, 1.82) is 0 Å². The summed E-state index contributed by atoms with van der Waals surface area (Å²) >= 11 is 0. The van der Waals surface area contributed by atoms with Crippen LogP contribution in [0.15, 0.2) is 30.3 Å². The van der Waals surface area contributed by atoms with Crippen molar-refractivity contribution >= 4 is 11.9 Å². The number of nitrogens with zero attached hydrogens (tertiary/aromatic N) is 1. The van der Waals surface area contributed by atoms with E-state index in [4.69, 9.17) is 0 Å². The minimum atomic E-state index is -0.204. The van der Waals surface area contributed by atoms with Gasteiger partial charge in [0.1, 0.15) is 0 Å². The summed E-state index contributed by atoms with van der Waals surface area (Å²) in [6.07, 6.45) is 1.18. The van der Waals surface area contributed by atoms with Crippen LogP contribution in [0.4, 0.5) is 4.79 Å². The fourth-order valence-corrected chi connectivity index (χ4v) is 2.65. The zero-order valence-corrected chi connectivity index (χ0v) is 13.6. The molecule has 0 bridgehead atoms. The standard InChI is InChI=1S/C17H25N3O2/c1-17(2,3)20-12-14(11-15(20)21)19-16(22)18-10-9-13-7-5-4-6-8-13/h4-8,14H,9-12H2,1-3H3,(H2,18,19,22). The SMILES string of the molecule is CC(C)(C)N1CC(NC(=O)NCCc2ccccc2)CC1=O. The van der Waals surface area contributed by atoms with Gasteiger partial charge in [0, 0.05) is 25.0 Å². The number of carbonyl (C=O) groups excluding carboxylic acids is 2. The summed E-state index contributed by atoms with van der Waals surface area (Å²) in [7, 11) is 0. The highest BCUT2D eigenvalue weighted by molar-refractivity contribution is 5.82. The summed E-state index contributed by atoms with van der Waals surface area (Å²) in [4.78, 5) is 25.7. The van der Waals surface area contributed by atoms with Gasteiger partial charge in [-0.2, -0.15) is 0 Å². The number of amides is 3. The van der Waals surface area contributed by atoms with Crippen molar-refractivity contribution in [3.05, 3.63) is 35.9 Å². The smallest absolute Gasteiger partial charge is 0.315 e. The molecular formula is C17H25N3O2. The number of hydrogen-bond acceptors (Lipinski definition) is 2. The average molecular weight is 303 g/mol. The summed E-state index contributed by atoms with van der Waals surface area (Å²) in [5.41, 5.74) is 0.995.